The molecular weight excluding hydrogens is 420 g/mol. The normalized spacial score (nSPS) is 17.5. The fourth-order valence-corrected chi connectivity index (χ4v) is 4.34. The molecule has 7 nitrogen and oxygen atoms in total. The summed E-state index contributed by atoms with van der Waals surface area (Å²) < 4.78 is 16.6. The molecule has 33 heavy (non-hydrogen) atoms. The minimum absolute atomic E-state index is 0.142. The van der Waals surface area contributed by atoms with Crippen LogP contribution in [0.15, 0.2) is 83.3 Å². The van der Waals surface area contributed by atoms with Gasteiger partial charge in [0.1, 0.15) is 18.1 Å². The summed E-state index contributed by atoms with van der Waals surface area (Å²) in [5.41, 5.74) is 3.59. The van der Waals surface area contributed by atoms with E-state index in [1.165, 1.54) is 0 Å². The lowest BCUT2D eigenvalue weighted by Crippen LogP contribution is -2.30. The second kappa shape index (κ2) is 8.43. The summed E-state index contributed by atoms with van der Waals surface area (Å²) in [6.07, 6.45) is 1.66. The van der Waals surface area contributed by atoms with Crippen LogP contribution in [0.2, 0.25) is 0 Å². The van der Waals surface area contributed by atoms with Gasteiger partial charge in [0, 0.05) is 11.1 Å². The second-order valence-electron chi connectivity index (χ2n) is 7.79. The number of fused-ring (bicyclic) bond motifs is 1. The van der Waals surface area contributed by atoms with Crippen molar-refractivity contribution in [2.24, 2.45) is 0 Å². The Hall–Kier alpha value is -4.13. The molecule has 0 saturated heterocycles. The fourth-order valence-electron chi connectivity index (χ4n) is 4.34. The highest BCUT2D eigenvalue weighted by Gasteiger charge is 2.42. The largest absolute Gasteiger partial charge is 0.463 e. The summed E-state index contributed by atoms with van der Waals surface area (Å²) in [6, 6.07) is 16.9. The maximum Gasteiger partial charge on any atom is 0.337 e. The van der Waals surface area contributed by atoms with Gasteiger partial charge < -0.3 is 19.5 Å². The van der Waals surface area contributed by atoms with E-state index in [1.807, 2.05) is 54.6 Å². The second-order valence-corrected chi connectivity index (χ2v) is 7.79. The van der Waals surface area contributed by atoms with E-state index in [-0.39, 0.29) is 13.2 Å². The van der Waals surface area contributed by atoms with E-state index >= 15 is 0 Å². The zero-order valence-electron chi connectivity index (χ0n) is 18.3. The van der Waals surface area contributed by atoms with Crippen molar-refractivity contribution in [3.05, 3.63) is 88.9 Å². The Morgan fingerprint density at radius 1 is 1.15 bits per heavy atom. The molecule has 3 heterocycles. The average molecular weight is 442 g/mol. The van der Waals surface area contributed by atoms with Crippen LogP contribution in [0, 0.1) is 0 Å². The van der Waals surface area contributed by atoms with Gasteiger partial charge in [-0.2, -0.15) is 0 Å². The number of cyclic esters (lactones) is 1. The first-order chi connectivity index (χ1) is 16.1. The minimum Gasteiger partial charge on any atom is -0.463 e. The van der Waals surface area contributed by atoms with Crippen LogP contribution in [0.4, 0.5) is 0 Å². The topological polar surface area (TPSA) is 86.8 Å². The molecule has 1 unspecified atom stereocenters. The number of pyridine rings is 1. The highest BCUT2D eigenvalue weighted by molar-refractivity contribution is 6.03. The fraction of sp³-hybridized carbons (Fsp3) is 0.192. The van der Waals surface area contributed by atoms with E-state index in [0.717, 1.165) is 16.5 Å². The molecule has 0 aliphatic carbocycles. The summed E-state index contributed by atoms with van der Waals surface area (Å²) in [6.45, 7) is 3.93. The molecule has 3 aromatic rings. The van der Waals surface area contributed by atoms with E-state index in [1.54, 1.807) is 20.0 Å². The van der Waals surface area contributed by atoms with Crippen molar-refractivity contribution in [1.29, 1.82) is 0 Å². The maximum absolute atomic E-state index is 13.0. The molecule has 1 aromatic heterocycles. The van der Waals surface area contributed by atoms with Gasteiger partial charge in [0.05, 0.1) is 41.1 Å². The number of hydrogen-bond acceptors (Lipinski definition) is 7. The van der Waals surface area contributed by atoms with Gasteiger partial charge in [-0.25, -0.2) is 9.59 Å². The lowest BCUT2D eigenvalue weighted by atomic mass is 9.79. The first-order valence-electron chi connectivity index (χ1n) is 10.7. The molecule has 0 radical (unpaired) electrons. The number of para-hydroxylation sites is 1. The van der Waals surface area contributed by atoms with E-state index < -0.39 is 17.9 Å². The molecule has 0 fully saturated rings. The third-order valence-corrected chi connectivity index (χ3v) is 5.73. The monoisotopic (exact) mass is 442 g/mol. The Morgan fingerprint density at radius 2 is 1.97 bits per heavy atom. The molecule has 0 amide bonds. The van der Waals surface area contributed by atoms with Crippen LogP contribution in [-0.2, 0) is 19.1 Å². The molecule has 5 rings (SSSR count). The van der Waals surface area contributed by atoms with Gasteiger partial charge >= 0.3 is 11.9 Å². The van der Waals surface area contributed by atoms with Crippen molar-refractivity contribution in [3.8, 4) is 11.5 Å². The van der Waals surface area contributed by atoms with E-state index in [0.29, 0.717) is 34.0 Å². The Balaban J connectivity index is 1.67. The molecule has 2 aliphatic rings. The molecule has 0 spiro atoms. The van der Waals surface area contributed by atoms with Crippen LogP contribution in [0.5, 0.6) is 11.5 Å². The zero-order valence-corrected chi connectivity index (χ0v) is 18.3. The number of nitrogens with zero attached hydrogens (tertiary/aromatic N) is 1. The highest BCUT2D eigenvalue weighted by atomic mass is 16.5. The first kappa shape index (κ1) is 20.8. The number of benzene rings is 2. The third-order valence-electron chi connectivity index (χ3n) is 5.73. The van der Waals surface area contributed by atoms with Crippen molar-refractivity contribution in [2.75, 3.05) is 13.2 Å². The molecule has 1 atom stereocenters. The molecule has 1 N–H and O–H groups in total. The quantitative estimate of drug-likeness (QED) is 0.588. The van der Waals surface area contributed by atoms with Crippen LogP contribution in [-0.4, -0.2) is 30.1 Å². The number of dihydropyridines is 1. The average Bonchev–Trinajstić information content (AvgIpc) is 3.18. The molecule has 7 heteroatoms. The molecule has 0 bridgehead atoms. The van der Waals surface area contributed by atoms with Crippen LogP contribution < -0.4 is 10.1 Å². The van der Waals surface area contributed by atoms with Crippen LogP contribution in [0.1, 0.15) is 25.3 Å². The smallest absolute Gasteiger partial charge is 0.337 e. The van der Waals surface area contributed by atoms with Crippen LogP contribution >= 0.6 is 0 Å². The number of carbonyl (C=O) groups excluding carboxylic acids is 2. The number of ether oxygens (including phenoxy) is 3. The zero-order chi connectivity index (χ0) is 22.9. The standard InChI is InChI=1S/C26H22N2O5/c1-3-31-25(29)22-15(2)28-21-14-32-26(30)24(21)23(22)18-10-7-11-20-19(18)12-17(13-27-20)33-16-8-5-4-6-9-16/h4-13,23,28H,3,14H2,1-2H3. The van der Waals surface area contributed by atoms with E-state index in [2.05, 4.69) is 10.3 Å². The predicted molar refractivity (Wildman–Crippen MR) is 121 cm³/mol. The van der Waals surface area contributed by atoms with Crippen molar-refractivity contribution in [1.82, 2.24) is 10.3 Å². The number of allylic oxidation sites excluding steroid dienone is 1. The van der Waals surface area contributed by atoms with Gasteiger partial charge in [-0.3, -0.25) is 4.98 Å². The highest BCUT2D eigenvalue weighted by Crippen LogP contribution is 2.44. The SMILES string of the molecule is CCOC(=O)C1=C(C)NC2=C(C(=O)OC2)C1c1cccc2ncc(Oc3ccccc3)cc12. The molecule has 0 saturated carbocycles. The molecular formula is C26H22N2O5. The van der Waals surface area contributed by atoms with Gasteiger partial charge in [-0.15, -0.1) is 0 Å². The van der Waals surface area contributed by atoms with Gasteiger partial charge in [-0.05, 0) is 43.7 Å². The van der Waals surface area contributed by atoms with E-state index in [4.69, 9.17) is 14.2 Å². The third kappa shape index (κ3) is 3.71. The van der Waals surface area contributed by atoms with E-state index in [9.17, 15) is 9.59 Å². The minimum atomic E-state index is -0.646. The summed E-state index contributed by atoms with van der Waals surface area (Å²) >= 11 is 0. The summed E-state index contributed by atoms with van der Waals surface area (Å²) in [5.74, 6) is -0.325. The lowest BCUT2D eigenvalue weighted by molar-refractivity contribution is -0.138. The number of hydrogen-bond donors (Lipinski definition) is 1. The lowest BCUT2D eigenvalue weighted by Gasteiger charge is -2.28. The van der Waals surface area contributed by atoms with Crippen LogP contribution in [0.25, 0.3) is 10.9 Å². The van der Waals surface area contributed by atoms with Gasteiger partial charge in [0.15, 0.2) is 0 Å². The number of nitrogens with one attached hydrogen (secondary N) is 1. The van der Waals surface area contributed by atoms with Gasteiger partial charge in [0.2, 0.25) is 0 Å². The first-order valence-corrected chi connectivity index (χ1v) is 10.7. The van der Waals surface area contributed by atoms with Crippen LogP contribution in [0.3, 0.4) is 0 Å². The number of esters is 2. The summed E-state index contributed by atoms with van der Waals surface area (Å²) in [5, 5.41) is 3.94. The molecule has 2 aromatic carbocycles. The summed E-state index contributed by atoms with van der Waals surface area (Å²) in [4.78, 5) is 30.3. The molecule has 166 valence electrons. The number of aromatic nitrogens is 1. The van der Waals surface area contributed by atoms with Crippen molar-refractivity contribution in [3.63, 3.8) is 0 Å². The van der Waals surface area contributed by atoms with Gasteiger partial charge in [-0.1, -0.05) is 30.3 Å². The predicted octanol–water partition coefficient (Wildman–Crippen LogP) is 4.36. The molecule has 2 aliphatic heterocycles. The number of rotatable bonds is 5. The summed E-state index contributed by atoms with van der Waals surface area (Å²) in [7, 11) is 0. The Bertz CT molecular complexity index is 1330. The Kier molecular flexibility index (Phi) is 5.30. The van der Waals surface area contributed by atoms with Crippen molar-refractivity contribution < 1.29 is 23.8 Å². The van der Waals surface area contributed by atoms with Crippen molar-refractivity contribution in [2.45, 2.75) is 19.8 Å². The maximum atomic E-state index is 13.0. The van der Waals surface area contributed by atoms with Gasteiger partial charge in [0.25, 0.3) is 0 Å². The van der Waals surface area contributed by atoms with Crippen molar-refractivity contribution >= 4 is 22.8 Å². The Labute approximate surface area is 190 Å². The Morgan fingerprint density at radius 3 is 2.76 bits per heavy atom. The number of carbonyl (C=O) groups is 2.